The summed E-state index contributed by atoms with van der Waals surface area (Å²) in [6.45, 7) is 1.82. The van der Waals surface area contributed by atoms with Crippen LogP contribution in [0.15, 0.2) is 29.2 Å². The molecule has 0 aliphatic heterocycles. The van der Waals surface area contributed by atoms with Crippen molar-refractivity contribution in [2.45, 2.75) is 31.1 Å². The third-order valence-electron chi connectivity index (χ3n) is 3.72. The van der Waals surface area contributed by atoms with Crippen LogP contribution >= 0.6 is 0 Å². The summed E-state index contributed by atoms with van der Waals surface area (Å²) < 4.78 is 27.0. The van der Waals surface area contributed by atoms with E-state index in [1.807, 2.05) is 0 Å². The number of aliphatic hydroxyl groups excluding tert-OH is 1. The summed E-state index contributed by atoms with van der Waals surface area (Å²) in [6.07, 6.45) is 2.51. The summed E-state index contributed by atoms with van der Waals surface area (Å²) in [4.78, 5) is 11.1. The highest BCUT2D eigenvalue weighted by Gasteiger charge is 2.42. The molecule has 1 aromatic rings. The summed E-state index contributed by atoms with van der Waals surface area (Å²) >= 11 is 0. The van der Waals surface area contributed by atoms with E-state index in [4.69, 9.17) is 5.11 Å². The van der Waals surface area contributed by atoms with Crippen LogP contribution < -0.4 is 10.0 Å². The second-order valence-corrected chi connectivity index (χ2v) is 7.27. The van der Waals surface area contributed by atoms with Gasteiger partial charge in [0.05, 0.1) is 4.90 Å². The van der Waals surface area contributed by atoms with Crippen molar-refractivity contribution in [3.05, 3.63) is 24.3 Å². The Labute approximate surface area is 124 Å². The monoisotopic (exact) mass is 312 g/mol. The van der Waals surface area contributed by atoms with Crippen molar-refractivity contribution in [1.29, 1.82) is 0 Å². The van der Waals surface area contributed by atoms with Crippen molar-refractivity contribution in [2.24, 2.45) is 5.41 Å². The van der Waals surface area contributed by atoms with Gasteiger partial charge >= 0.3 is 0 Å². The molecule has 1 saturated carbocycles. The van der Waals surface area contributed by atoms with Crippen molar-refractivity contribution in [2.75, 3.05) is 18.5 Å². The van der Waals surface area contributed by atoms with E-state index in [0.717, 1.165) is 12.8 Å². The highest BCUT2D eigenvalue weighted by Crippen LogP contribution is 2.48. The van der Waals surface area contributed by atoms with E-state index >= 15 is 0 Å². The minimum Gasteiger partial charge on any atom is -0.396 e. The zero-order valence-electron chi connectivity index (χ0n) is 11.9. The third kappa shape index (κ3) is 4.26. The maximum Gasteiger partial charge on any atom is 0.240 e. The zero-order chi connectivity index (χ0) is 15.5. The van der Waals surface area contributed by atoms with Gasteiger partial charge in [-0.3, -0.25) is 4.79 Å². The number of aliphatic hydroxyl groups is 1. The SMILES string of the molecule is CC(=O)Nc1ccc(S(=O)(=O)NCC2(CCO)CC2)cc1. The molecule has 2 rings (SSSR count). The topological polar surface area (TPSA) is 95.5 Å². The number of rotatable bonds is 7. The summed E-state index contributed by atoms with van der Waals surface area (Å²) in [5, 5.41) is 11.6. The molecule has 0 saturated heterocycles. The Hall–Kier alpha value is -1.44. The van der Waals surface area contributed by atoms with Gasteiger partial charge in [-0.1, -0.05) is 0 Å². The number of sulfonamides is 1. The van der Waals surface area contributed by atoms with Gasteiger partial charge in [0.15, 0.2) is 0 Å². The average molecular weight is 312 g/mol. The van der Waals surface area contributed by atoms with E-state index < -0.39 is 10.0 Å². The van der Waals surface area contributed by atoms with Crippen LogP contribution in [0.5, 0.6) is 0 Å². The molecule has 0 atom stereocenters. The molecule has 0 aromatic heterocycles. The van der Waals surface area contributed by atoms with Crippen LogP contribution in [0.2, 0.25) is 0 Å². The van der Waals surface area contributed by atoms with Gasteiger partial charge in [0.25, 0.3) is 0 Å². The lowest BCUT2D eigenvalue weighted by Crippen LogP contribution is -2.30. The molecular weight excluding hydrogens is 292 g/mol. The Balaban J connectivity index is 2.00. The highest BCUT2D eigenvalue weighted by atomic mass is 32.2. The maximum absolute atomic E-state index is 12.2. The molecule has 1 amide bonds. The number of carbonyl (C=O) groups excluding carboxylic acids is 1. The fraction of sp³-hybridized carbons (Fsp3) is 0.500. The van der Waals surface area contributed by atoms with Crippen molar-refractivity contribution >= 4 is 21.6 Å². The van der Waals surface area contributed by atoms with Gasteiger partial charge in [0.2, 0.25) is 15.9 Å². The fourth-order valence-electron chi connectivity index (χ4n) is 2.18. The zero-order valence-corrected chi connectivity index (χ0v) is 12.7. The number of carbonyl (C=O) groups is 1. The lowest BCUT2D eigenvalue weighted by Gasteiger charge is -2.15. The van der Waals surface area contributed by atoms with E-state index in [-0.39, 0.29) is 22.8 Å². The Morgan fingerprint density at radius 3 is 2.38 bits per heavy atom. The van der Waals surface area contributed by atoms with Crippen molar-refractivity contribution in [1.82, 2.24) is 4.72 Å². The summed E-state index contributed by atoms with van der Waals surface area (Å²) in [7, 11) is -3.56. The molecular formula is C14H20N2O4S. The number of anilines is 1. The van der Waals surface area contributed by atoms with Crippen molar-refractivity contribution in [3.8, 4) is 0 Å². The molecule has 3 N–H and O–H groups in total. The first-order valence-corrected chi connectivity index (χ1v) is 8.33. The molecule has 1 aliphatic rings. The van der Waals surface area contributed by atoms with Gasteiger partial charge in [-0.15, -0.1) is 0 Å². The molecule has 1 aliphatic carbocycles. The van der Waals surface area contributed by atoms with Gasteiger partial charge in [-0.2, -0.15) is 0 Å². The molecule has 0 unspecified atom stereocenters. The first-order valence-electron chi connectivity index (χ1n) is 6.85. The minimum atomic E-state index is -3.56. The van der Waals surface area contributed by atoms with Gasteiger partial charge in [-0.05, 0) is 48.9 Å². The van der Waals surface area contributed by atoms with Crippen LogP contribution in [0.4, 0.5) is 5.69 Å². The molecule has 116 valence electrons. The quantitative estimate of drug-likeness (QED) is 0.702. The Morgan fingerprint density at radius 1 is 1.29 bits per heavy atom. The van der Waals surface area contributed by atoms with Gasteiger partial charge in [0, 0.05) is 25.8 Å². The van der Waals surface area contributed by atoms with Gasteiger partial charge in [-0.25, -0.2) is 13.1 Å². The standard InChI is InChI=1S/C14H20N2O4S/c1-11(18)16-12-2-4-13(5-3-12)21(19,20)15-10-14(6-7-14)8-9-17/h2-5,15,17H,6-10H2,1H3,(H,16,18). The van der Waals surface area contributed by atoms with Gasteiger partial charge < -0.3 is 10.4 Å². The Bertz CT molecular complexity index is 606. The molecule has 1 aromatic carbocycles. The predicted molar refractivity (Wildman–Crippen MR) is 79.3 cm³/mol. The number of hydrogen-bond donors (Lipinski definition) is 3. The maximum atomic E-state index is 12.2. The van der Waals surface area contributed by atoms with Crippen LogP contribution in [0, 0.1) is 5.41 Å². The molecule has 0 bridgehead atoms. The summed E-state index contributed by atoms with van der Waals surface area (Å²) in [5.74, 6) is -0.205. The smallest absolute Gasteiger partial charge is 0.240 e. The number of benzene rings is 1. The number of nitrogens with one attached hydrogen (secondary N) is 2. The van der Waals surface area contributed by atoms with Crippen LogP contribution in [-0.2, 0) is 14.8 Å². The average Bonchev–Trinajstić information content (AvgIpc) is 3.17. The van der Waals surface area contributed by atoms with Gasteiger partial charge in [0.1, 0.15) is 0 Å². The predicted octanol–water partition coefficient (Wildman–Crippen LogP) is 1.09. The lowest BCUT2D eigenvalue weighted by molar-refractivity contribution is -0.114. The summed E-state index contributed by atoms with van der Waals surface area (Å²) in [5.41, 5.74) is 0.484. The molecule has 6 nitrogen and oxygen atoms in total. The first-order chi connectivity index (χ1) is 9.87. The largest absolute Gasteiger partial charge is 0.396 e. The second-order valence-electron chi connectivity index (χ2n) is 5.50. The molecule has 0 heterocycles. The highest BCUT2D eigenvalue weighted by molar-refractivity contribution is 7.89. The second kappa shape index (κ2) is 6.13. The van der Waals surface area contributed by atoms with Crippen molar-refractivity contribution < 1.29 is 18.3 Å². The van der Waals surface area contributed by atoms with E-state index in [1.165, 1.54) is 19.1 Å². The van der Waals surface area contributed by atoms with E-state index in [1.54, 1.807) is 12.1 Å². The van der Waals surface area contributed by atoms with Crippen LogP contribution in [0.1, 0.15) is 26.2 Å². The Kier molecular flexibility index (Phi) is 4.65. The molecule has 0 spiro atoms. The lowest BCUT2D eigenvalue weighted by atomic mass is 10.0. The Morgan fingerprint density at radius 2 is 1.90 bits per heavy atom. The van der Waals surface area contributed by atoms with Crippen LogP contribution in [-0.4, -0.2) is 32.6 Å². The van der Waals surface area contributed by atoms with Crippen LogP contribution in [0.3, 0.4) is 0 Å². The third-order valence-corrected chi connectivity index (χ3v) is 5.14. The fourth-order valence-corrected chi connectivity index (χ4v) is 3.34. The van der Waals surface area contributed by atoms with Crippen LogP contribution in [0.25, 0.3) is 0 Å². The van der Waals surface area contributed by atoms with Crippen molar-refractivity contribution in [3.63, 3.8) is 0 Å². The molecule has 7 heteroatoms. The minimum absolute atomic E-state index is 0.0715. The molecule has 1 fully saturated rings. The molecule has 21 heavy (non-hydrogen) atoms. The first kappa shape index (κ1) is 15.9. The molecule has 0 radical (unpaired) electrons. The van der Waals surface area contributed by atoms with E-state index in [9.17, 15) is 13.2 Å². The van der Waals surface area contributed by atoms with E-state index in [2.05, 4.69) is 10.0 Å². The number of amides is 1. The summed E-state index contributed by atoms with van der Waals surface area (Å²) in [6, 6.07) is 6.02. The van der Waals surface area contributed by atoms with E-state index in [0.29, 0.717) is 18.7 Å². The number of hydrogen-bond acceptors (Lipinski definition) is 4. The normalized spacial score (nSPS) is 16.5.